The fraction of sp³-hybridized carbons (Fsp3) is 0.938. The number of aliphatic hydroxyl groups is 1. The smallest absolute Gasteiger partial charge is 0.407 e. The van der Waals surface area contributed by atoms with Gasteiger partial charge >= 0.3 is 6.09 Å². The highest BCUT2D eigenvalue weighted by Gasteiger charge is 2.48. The van der Waals surface area contributed by atoms with Gasteiger partial charge in [-0.2, -0.15) is 0 Å². The summed E-state index contributed by atoms with van der Waals surface area (Å²) < 4.78 is 5.09. The molecule has 20 heavy (non-hydrogen) atoms. The zero-order valence-corrected chi connectivity index (χ0v) is 13.5. The van der Waals surface area contributed by atoms with E-state index in [1.807, 2.05) is 27.7 Å². The molecule has 3 rings (SSSR count). The van der Waals surface area contributed by atoms with Gasteiger partial charge in [0.1, 0.15) is 0 Å². The predicted octanol–water partition coefficient (Wildman–Crippen LogP) is 3.48. The van der Waals surface area contributed by atoms with Crippen LogP contribution in [0.25, 0.3) is 0 Å². The summed E-state index contributed by atoms with van der Waals surface area (Å²) in [4.78, 5) is 11.5. The van der Waals surface area contributed by atoms with Crippen LogP contribution in [0.1, 0.15) is 66.2 Å². The molecule has 0 aromatic rings. The highest BCUT2D eigenvalue weighted by atomic mass is 16.6. The molecule has 4 heteroatoms. The lowest BCUT2D eigenvalue weighted by atomic mass is 9.54. The number of nitrogens with one attached hydrogen (secondary N) is 1. The van der Waals surface area contributed by atoms with E-state index in [2.05, 4.69) is 5.32 Å². The number of hydrogen-bond donors (Lipinski definition) is 2. The maximum Gasteiger partial charge on any atom is 0.407 e. The molecule has 2 N–H and O–H groups in total. The Balaban J connectivity index is 0.000000956. The van der Waals surface area contributed by atoms with E-state index in [9.17, 15) is 9.90 Å². The number of amides is 1. The van der Waals surface area contributed by atoms with Gasteiger partial charge in [0.05, 0.1) is 6.10 Å². The van der Waals surface area contributed by atoms with Crippen molar-refractivity contribution in [1.29, 1.82) is 0 Å². The SMILES string of the molecule is CC.CC(C)OC(=O)NCC12CCC(CO)(CC1)CC2. The summed E-state index contributed by atoms with van der Waals surface area (Å²) in [5.74, 6) is 0. The van der Waals surface area contributed by atoms with Crippen molar-refractivity contribution < 1.29 is 14.6 Å². The van der Waals surface area contributed by atoms with Crippen LogP contribution in [0, 0.1) is 10.8 Å². The first-order valence-electron chi connectivity index (χ1n) is 8.05. The number of aliphatic hydroxyl groups excluding tert-OH is 1. The molecule has 3 aliphatic carbocycles. The number of carbonyl (C=O) groups excluding carboxylic acids is 1. The predicted molar refractivity (Wildman–Crippen MR) is 80.6 cm³/mol. The van der Waals surface area contributed by atoms with Gasteiger partial charge in [0.15, 0.2) is 0 Å². The molecule has 3 saturated carbocycles. The van der Waals surface area contributed by atoms with Crippen molar-refractivity contribution in [3.05, 3.63) is 0 Å². The van der Waals surface area contributed by atoms with Crippen molar-refractivity contribution in [2.75, 3.05) is 13.2 Å². The molecule has 0 heterocycles. The van der Waals surface area contributed by atoms with E-state index in [0.29, 0.717) is 6.61 Å². The van der Waals surface area contributed by atoms with Gasteiger partial charge < -0.3 is 15.2 Å². The molecule has 0 aromatic carbocycles. The third kappa shape index (κ3) is 4.11. The molecule has 0 spiro atoms. The largest absolute Gasteiger partial charge is 0.447 e. The van der Waals surface area contributed by atoms with Crippen LogP contribution in [0.2, 0.25) is 0 Å². The van der Waals surface area contributed by atoms with E-state index in [4.69, 9.17) is 4.74 Å². The number of rotatable bonds is 4. The van der Waals surface area contributed by atoms with Crippen LogP contribution in [-0.2, 0) is 4.74 Å². The van der Waals surface area contributed by atoms with Crippen molar-refractivity contribution in [3.63, 3.8) is 0 Å². The Morgan fingerprint density at radius 1 is 1.10 bits per heavy atom. The maximum absolute atomic E-state index is 11.5. The minimum atomic E-state index is -0.302. The van der Waals surface area contributed by atoms with Crippen molar-refractivity contribution in [3.8, 4) is 0 Å². The van der Waals surface area contributed by atoms with E-state index in [0.717, 1.165) is 45.1 Å². The third-order valence-electron chi connectivity index (χ3n) is 4.84. The van der Waals surface area contributed by atoms with Crippen molar-refractivity contribution in [2.24, 2.45) is 10.8 Å². The Morgan fingerprint density at radius 2 is 1.55 bits per heavy atom. The van der Waals surface area contributed by atoms with Crippen LogP contribution in [0.15, 0.2) is 0 Å². The summed E-state index contributed by atoms with van der Waals surface area (Å²) in [6, 6.07) is 0. The summed E-state index contributed by atoms with van der Waals surface area (Å²) in [5.41, 5.74) is 0.451. The summed E-state index contributed by atoms with van der Waals surface area (Å²) in [7, 11) is 0. The molecule has 0 radical (unpaired) electrons. The van der Waals surface area contributed by atoms with Gasteiger partial charge in [0, 0.05) is 13.2 Å². The molecule has 3 aliphatic rings. The first-order chi connectivity index (χ1) is 9.49. The first kappa shape index (κ1) is 17.3. The summed E-state index contributed by atoms with van der Waals surface area (Å²) in [6.45, 7) is 8.76. The number of alkyl carbamates (subject to hydrolysis) is 1. The quantitative estimate of drug-likeness (QED) is 0.831. The van der Waals surface area contributed by atoms with Gasteiger partial charge in [0.25, 0.3) is 0 Å². The molecular formula is C16H31NO3. The zero-order chi connectivity index (χ0) is 15.2. The van der Waals surface area contributed by atoms with E-state index in [1.165, 1.54) is 0 Å². The Kier molecular flexibility index (Phi) is 6.31. The van der Waals surface area contributed by atoms with E-state index >= 15 is 0 Å². The minimum absolute atomic E-state index is 0.0674. The Bertz CT molecular complexity index is 290. The second-order valence-electron chi connectivity index (χ2n) is 6.47. The molecule has 2 bridgehead atoms. The van der Waals surface area contributed by atoms with Crippen LogP contribution in [0.4, 0.5) is 4.79 Å². The first-order valence-corrected chi connectivity index (χ1v) is 8.05. The van der Waals surface area contributed by atoms with Crippen LogP contribution >= 0.6 is 0 Å². The average Bonchev–Trinajstić information content (AvgIpc) is 2.49. The molecule has 3 fully saturated rings. The van der Waals surface area contributed by atoms with Crippen molar-refractivity contribution in [1.82, 2.24) is 5.32 Å². The number of fused-ring (bicyclic) bond motifs is 3. The van der Waals surface area contributed by atoms with Crippen LogP contribution in [-0.4, -0.2) is 30.5 Å². The van der Waals surface area contributed by atoms with E-state index in [-0.39, 0.29) is 23.0 Å². The van der Waals surface area contributed by atoms with Gasteiger partial charge in [-0.1, -0.05) is 13.8 Å². The molecule has 0 saturated heterocycles. The minimum Gasteiger partial charge on any atom is -0.447 e. The normalized spacial score (nSPS) is 31.5. The van der Waals surface area contributed by atoms with Crippen LogP contribution in [0.5, 0.6) is 0 Å². The third-order valence-corrected chi connectivity index (χ3v) is 4.84. The molecule has 0 aliphatic heterocycles. The second kappa shape index (κ2) is 7.30. The average molecular weight is 285 g/mol. The second-order valence-corrected chi connectivity index (χ2v) is 6.47. The van der Waals surface area contributed by atoms with Gasteiger partial charge in [-0.25, -0.2) is 4.79 Å². The molecule has 0 atom stereocenters. The van der Waals surface area contributed by atoms with Crippen molar-refractivity contribution in [2.45, 2.75) is 72.3 Å². The highest BCUT2D eigenvalue weighted by Crippen LogP contribution is 2.56. The molecule has 4 nitrogen and oxygen atoms in total. The standard InChI is InChI=1S/C14H25NO3.C2H6/c1-11(2)18-12(17)15-9-13-3-6-14(10-16,7-4-13)8-5-13;1-2/h11,16H,3-10H2,1-2H3,(H,15,17);1-2H3. The Morgan fingerprint density at radius 3 is 1.95 bits per heavy atom. The lowest BCUT2D eigenvalue weighted by Crippen LogP contribution is -2.48. The lowest BCUT2D eigenvalue weighted by molar-refractivity contribution is -0.0412. The highest BCUT2D eigenvalue weighted by molar-refractivity contribution is 5.67. The van der Waals surface area contributed by atoms with Gasteiger partial charge in [-0.3, -0.25) is 0 Å². The molecule has 0 unspecified atom stereocenters. The number of hydrogen-bond acceptors (Lipinski definition) is 3. The van der Waals surface area contributed by atoms with Gasteiger partial charge in [-0.05, 0) is 63.2 Å². The number of ether oxygens (including phenoxy) is 1. The van der Waals surface area contributed by atoms with Crippen LogP contribution < -0.4 is 5.32 Å². The molecule has 0 aromatic heterocycles. The monoisotopic (exact) mass is 285 g/mol. The fourth-order valence-electron chi connectivity index (χ4n) is 3.36. The summed E-state index contributed by atoms with van der Waals surface area (Å²) >= 11 is 0. The van der Waals surface area contributed by atoms with Crippen LogP contribution in [0.3, 0.4) is 0 Å². The molecule has 1 amide bonds. The lowest BCUT2D eigenvalue weighted by Gasteiger charge is -2.52. The summed E-state index contributed by atoms with van der Waals surface area (Å²) in [5, 5.41) is 12.4. The fourth-order valence-corrected chi connectivity index (χ4v) is 3.36. The summed E-state index contributed by atoms with van der Waals surface area (Å²) in [6.07, 6.45) is 6.30. The Labute approximate surface area is 123 Å². The molecule has 118 valence electrons. The van der Waals surface area contributed by atoms with Gasteiger partial charge in [-0.15, -0.1) is 0 Å². The molecular weight excluding hydrogens is 254 g/mol. The number of carbonyl (C=O) groups is 1. The Hall–Kier alpha value is -0.770. The maximum atomic E-state index is 11.5. The zero-order valence-electron chi connectivity index (χ0n) is 13.5. The van der Waals surface area contributed by atoms with E-state index in [1.54, 1.807) is 0 Å². The van der Waals surface area contributed by atoms with Crippen molar-refractivity contribution >= 4 is 6.09 Å². The van der Waals surface area contributed by atoms with Gasteiger partial charge in [0.2, 0.25) is 0 Å². The van der Waals surface area contributed by atoms with E-state index < -0.39 is 0 Å². The topological polar surface area (TPSA) is 58.6 Å².